The zero-order valence-electron chi connectivity index (χ0n) is 19.1. The van der Waals surface area contributed by atoms with Gasteiger partial charge < -0.3 is 5.11 Å². The molecule has 0 bridgehead atoms. The van der Waals surface area contributed by atoms with E-state index in [9.17, 15) is 14.3 Å². The van der Waals surface area contributed by atoms with Crippen molar-refractivity contribution in [2.24, 2.45) is 0 Å². The minimum atomic E-state index is -0.851. The molecule has 0 spiro atoms. The number of carboxylic acid groups (broad SMARTS) is 1. The van der Waals surface area contributed by atoms with Crippen molar-refractivity contribution in [2.45, 2.75) is 32.0 Å². The smallest absolute Gasteiger partial charge is 0.305 e. The lowest BCUT2D eigenvalue weighted by Gasteiger charge is -2.37. The van der Waals surface area contributed by atoms with Gasteiger partial charge in [-0.1, -0.05) is 91.0 Å². The molecule has 0 saturated carbocycles. The number of rotatable bonds is 9. The van der Waals surface area contributed by atoms with Gasteiger partial charge in [0.05, 0.1) is 6.42 Å². The summed E-state index contributed by atoms with van der Waals surface area (Å²) in [6.07, 6.45) is -0.0309. The summed E-state index contributed by atoms with van der Waals surface area (Å²) in [5, 5.41) is 9.86. The van der Waals surface area contributed by atoms with E-state index >= 15 is 0 Å². The van der Waals surface area contributed by atoms with Gasteiger partial charge in [0.1, 0.15) is 5.82 Å². The number of nitrogens with zero attached hydrogens (tertiary/aromatic N) is 1. The van der Waals surface area contributed by atoms with Crippen molar-refractivity contribution in [3.05, 3.63) is 132 Å². The van der Waals surface area contributed by atoms with Gasteiger partial charge in [-0.25, -0.2) is 4.39 Å². The molecule has 4 heteroatoms. The van der Waals surface area contributed by atoms with Crippen molar-refractivity contribution in [1.82, 2.24) is 4.90 Å². The monoisotopic (exact) mass is 453 g/mol. The van der Waals surface area contributed by atoms with E-state index < -0.39 is 5.97 Å². The molecule has 0 aliphatic rings. The van der Waals surface area contributed by atoms with Crippen LogP contribution in [-0.4, -0.2) is 16.0 Å². The van der Waals surface area contributed by atoms with Crippen LogP contribution in [0, 0.1) is 5.82 Å². The van der Waals surface area contributed by atoms with E-state index in [-0.39, 0.29) is 24.3 Å². The Morgan fingerprint density at radius 2 is 1.41 bits per heavy atom. The van der Waals surface area contributed by atoms with E-state index in [4.69, 9.17) is 0 Å². The lowest BCUT2D eigenvalue weighted by Crippen LogP contribution is -2.32. The molecule has 34 heavy (non-hydrogen) atoms. The molecule has 3 nitrogen and oxygen atoms in total. The van der Waals surface area contributed by atoms with E-state index in [2.05, 4.69) is 36.1 Å². The number of halogens is 1. The van der Waals surface area contributed by atoms with E-state index in [1.807, 2.05) is 60.7 Å². The normalized spacial score (nSPS) is 12.9. The lowest BCUT2D eigenvalue weighted by atomic mass is 9.94. The molecule has 0 aliphatic heterocycles. The quantitative estimate of drug-likeness (QED) is 0.290. The van der Waals surface area contributed by atoms with Crippen LogP contribution in [0.2, 0.25) is 0 Å². The average molecular weight is 454 g/mol. The van der Waals surface area contributed by atoms with Crippen molar-refractivity contribution < 1.29 is 14.3 Å². The number of benzene rings is 4. The second-order valence-corrected chi connectivity index (χ2v) is 8.49. The van der Waals surface area contributed by atoms with Gasteiger partial charge in [0.2, 0.25) is 0 Å². The van der Waals surface area contributed by atoms with E-state index in [0.717, 1.165) is 27.8 Å². The maximum atomic E-state index is 13.4. The predicted molar refractivity (Wildman–Crippen MR) is 134 cm³/mol. The van der Waals surface area contributed by atoms with Crippen molar-refractivity contribution in [2.75, 3.05) is 0 Å². The van der Waals surface area contributed by atoms with Crippen LogP contribution >= 0.6 is 0 Å². The van der Waals surface area contributed by atoms with Crippen LogP contribution in [0.5, 0.6) is 0 Å². The molecule has 4 rings (SSSR count). The molecule has 1 N–H and O–H groups in total. The van der Waals surface area contributed by atoms with Crippen LogP contribution < -0.4 is 0 Å². The van der Waals surface area contributed by atoms with Gasteiger partial charge >= 0.3 is 5.97 Å². The average Bonchev–Trinajstić information content (AvgIpc) is 2.87. The largest absolute Gasteiger partial charge is 0.481 e. The summed E-state index contributed by atoms with van der Waals surface area (Å²) in [6, 6.07) is 34.2. The third-order valence-corrected chi connectivity index (χ3v) is 6.20. The second kappa shape index (κ2) is 10.9. The van der Waals surface area contributed by atoms with Crippen LogP contribution in [-0.2, 0) is 11.3 Å². The summed E-state index contributed by atoms with van der Waals surface area (Å²) in [5.41, 5.74) is 4.99. The summed E-state index contributed by atoms with van der Waals surface area (Å²) < 4.78 is 13.4. The van der Waals surface area contributed by atoms with Crippen molar-refractivity contribution in [3.8, 4) is 11.1 Å². The first-order valence-corrected chi connectivity index (χ1v) is 11.4. The Hall–Kier alpha value is -3.76. The fourth-order valence-electron chi connectivity index (χ4n) is 4.39. The first-order chi connectivity index (χ1) is 16.5. The van der Waals surface area contributed by atoms with Gasteiger partial charge in [0, 0.05) is 18.6 Å². The van der Waals surface area contributed by atoms with Gasteiger partial charge in [0.15, 0.2) is 0 Å². The zero-order valence-corrected chi connectivity index (χ0v) is 19.1. The Bertz CT molecular complexity index is 1210. The molecule has 0 fully saturated rings. The zero-order chi connectivity index (χ0) is 23.9. The molecule has 0 aromatic heterocycles. The van der Waals surface area contributed by atoms with Crippen LogP contribution in [0.1, 0.15) is 42.1 Å². The summed E-state index contributed by atoms with van der Waals surface area (Å²) in [4.78, 5) is 14.3. The second-order valence-electron chi connectivity index (χ2n) is 8.49. The topological polar surface area (TPSA) is 40.5 Å². The molecule has 4 aromatic rings. The molecule has 0 saturated heterocycles. The van der Waals surface area contributed by atoms with Gasteiger partial charge in [-0.3, -0.25) is 9.69 Å². The van der Waals surface area contributed by atoms with Crippen LogP contribution in [0.15, 0.2) is 109 Å². The van der Waals surface area contributed by atoms with Crippen LogP contribution in [0.25, 0.3) is 11.1 Å². The molecule has 0 aliphatic carbocycles. The first kappa shape index (κ1) is 23.4. The minimum absolute atomic E-state index is 0.0137. The number of hydrogen-bond acceptors (Lipinski definition) is 2. The van der Waals surface area contributed by atoms with Crippen molar-refractivity contribution >= 4 is 5.97 Å². The lowest BCUT2D eigenvalue weighted by molar-refractivity contribution is -0.138. The van der Waals surface area contributed by atoms with Crippen LogP contribution in [0.4, 0.5) is 4.39 Å². The number of hydrogen-bond donors (Lipinski definition) is 1. The summed E-state index contributed by atoms with van der Waals surface area (Å²) in [6.45, 7) is 2.73. The Kier molecular flexibility index (Phi) is 7.51. The number of carboxylic acids is 1. The van der Waals surface area contributed by atoms with E-state index in [1.165, 1.54) is 12.1 Å². The Morgan fingerprint density at radius 1 is 0.794 bits per heavy atom. The Morgan fingerprint density at radius 3 is 2.06 bits per heavy atom. The summed E-state index contributed by atoms with van der Waals surface area (Å²) >= 11 is 0. The maximum Gasteiger partial charge on any atom is 0.305 e. The highest BCUT2D eigenvalue weighted by molar-refractivity contribution is 5.69. The van der Waals surface area contributed by atoms with Gasteiger partial charge in [-0.2, -0.15) is 0 Å². The predicted octanol–water partition coefficient (Wildman–Crippen LogP) is 7.27. The molecule has 4 aromatic carbocycles. The van der Waals surface area contributed by atoms with E-state index in [1.54, 1.807) is 12.1 Å². The molecule has 0 heterocycles. The molecular weight excluding hydrogens is 425 g/mol. The third kappa shape index (κ3) is 5.77. The van der Waals surface area contributed by atoms with Gasteiger partial charge in [-0.15, -0.1) is 0 Å². The molecule has 0 amide bonds. The minimum Gasteiger partial charge on any atom is -0.481 e. The van der Waals surface area contributed by atoms with Crippen LogP contribution in [0.3, 0.4) is 0 Å². The molecule has 0 radical (unpaired) electrons. The Labute approximate surface area is 200 Å². The fourth-order valence-corrected chi connectivity index (χ4v) is 4.39. The highest BCUT2D eigenvalue weighted by atomic mass is 19.1. The number of aliphatic carboxylic acids is 1. The van der Waals surface area contributed by atoms with Crippen molar-refractivity contribution in [3.63, 3.8) is 0 Å². The highest BCUT2D eigenvalue weighted by Crippen LogP contribution is 2.36. The summed E-state index contributed by atoms with van der Waals surface area (Å²) in [7, 11) is 0. The first-order valence-electron chi connectivity index (χ1n) is 11.4. The van der Waals surface area contributed by atoms with E-state index in [0.29, 0.717) is 6.54 Å². The molecule has 2 atom stereocenters. The van der Waals surface area contributed by atoms with Gasteiger partial charge in [0.25, 0.3) is 0 Å². The standard InChI is InChI=1S/C30H28FNO2/c1-22(24-11-6-3-7-12-24)32(21-23-9-4-2-5-10-23)29(20-30(33)34)27-14-8-13-26(19-27)25-15-17-28(31)18-16-25/h2-19,22,29H,20-21H2,1H3,(H,33,34). The van der Waals surface area contributed by atoms with Crippen molar-refractivity contribution in [1.29, 1.82) is 0 Å². The molecular formula is C30H28FNO2. The molecule has 2 unspecified atom stereocenters. The highest BCUT2D eigenvalue weighted by Gasteiger charge is 2.28. The molecule has 172 valence electrons. The third-order valence-electron chi connectivity index (χ3n) is 6.20. The fraction of sp³-hybridized carbons (Fsp3) is 0.167. The van der Waals surface area contributed by atoms with Gasteiger partial charge in [-0.05, 0) is 52.9 Å². The maximum absolute atomic E-state index is 13.4. The number of carbonyl (C=O) groups is 1. The Balaban J connectivity index is 1.77. The SMILES string of the molecule is CC(c1ccccc1)N(Cc1ccccc1)C(CC(=O)O)c1cccc(-c2ccc(F)cc2)c1. The summed E-state index contributed by atoms with van der Waals surface area (Å²) in [5.74, 6) is -1.13.